The van der Waals surface area contributed by atoms with Crippen LogP contribution >= 0.6 is 23.2 Å². The van der Waals surface area contributed by atoms with Gasteiger partial charge in [-0.15, -0.1) is 6.58 Å². The minimum atomic E-state index is 0.141. The van der Waals surface area contributed by atoms with Crippen LogP contribution in [0.4, 0.5) is 0 Å². The summed E-state index contributed by atoms with van der Waals surface area (Å²) in [4.78, 5) is 0. The Hall–Kier alpha value is -1.76. The standard InChI is InChI=1S/C23H22Cl2/c1-2-3-4-20-17-23(20,15-13-18-5-9-21(24)10-6-18)16-14-19-7-11-22(25)12-8-19/h2,5-16,20H,1,3-4,17H2/b15-13+,16-14+/t20-/m0/s1. The predicted octanol–water partition coefficient (Wildman–Crippen LogP) is 7.69. The van der Waals surface area contributed by atoms with Crippen molar-refractivity contribution < 1.29 is 0 Å². The van der Waals surface area contributed by atoms with E-state index in [0.717, 1.165) is 16.5 Å². The van der Waals surface area contributed by atoms with Gasteiger partial charge in [0.05, 0.1) is 0 Å². The molecule has 1 fully saturated rings. The summed E-state index contributed by atoms with van der Waals surface area (Å²) in [5, 5.41) is 1.54. The maximum absolute atomic E-state index is 5.97. The Bertz CT molecular complexity index is 711. The fourth-order valence-electron chi connectivity index (χ4n) is 3.17. The molecule has 2 aromatic carbocycles. The molecule has 25 heavy (non-hydrogen) atoms. The van der Waals surface area contributed by atoms with Crippen LogP contribution in [0.2, 0.25) is 10.0 Å². The van der Waals surface area contributed by atoms with Crippen LogP contribution in [0, 0.1) is 11.3 Å². The van der Waals surface area contributed by atoms with Crippen molar-refractivity contribution in [1.29, 1.82) is 0 Å². The van der Waals surface area contributed by atoms with Gasteiger partial charge in [0.1, 0.15) is 0 Å². The van der Waals surface area contributed by atoms with Gasteiger partial charge in [0.2, 0.25) is 0 Å². The molecule has 2 heteroatoms. The lowest BCUT2D eigenvalue weighted by atomic mass is 9.97. The van der Waals surface area contributed by atoms with Crippen molar-refractivity contribution >= 4 is 35.4 Å². The molecule has 128 valence electrons. The molecule has 2 aromatic rings. The quantitative estimate of drug-likeness (QED) is 0.439. The zero-order valence-corrected chi connectivity index (χ0v) is 15.7. The van der Waals surface area contributed by atoms with Crippen molar-refractivity contribution in [3.05, 3.63) is 94.5 Å². The van der Waals surface area contributed by atoms with Gasteiger partial charge in [-0.3, -0.25) is 0 Å². The summed E-state index contributed by atoms with van der Waals surface area (Å²) in [5.41, 5.74) is 2.50. The van der Waals surface area contributed by atoms with Crippen LogP contribution < -0.4 is 0 Å². The van der Waals surface area contributed by atoms with E-state index in [1.54, 1.807) is 0 Å². The maximum atomic E-state index is 5.97. The van der Waals surface area contributed by atoms with Crippen LogP contribution in [0.5, 0.6) is 0 Å². The van der Waals surface area contributed by atoms with Crippen molar-refractivity contribution in [3.63, 3.8) is 0 Å². The van der Waals surface area contributed by atoms with Gasteiger partial charge in [-0.1, -0.05) is 77.8 Å². The van der Waals surface area contributed by atoms with Crippen molar-refractivity contribution in [3.8, 4) is 0 Å². The lowest BCUT2D eigenvalue weighted by Crippen LogP contribution is -1.95. The molecule has 1 aliphatic carbocycles. The van der Waals surface area contributed by atoms with E-state index in [1.165, 1.54) is 24.0 Å². The molecule has 0 unspecified atom stereocenters. The monoisotopic (exact) mass is 368 g/mol. The molecule has 0 radical (unpaired) electrons. The highest BCUT2D eigenvalue weighted by atomic mass is 35.5. The van der Waals surface area contributed by atoms with E-state index in [9.17, 15) is 0 Å². The molecular weight excluding hydrogens is 347 g/mol. The van der Waals surface area contributed by atoms with Gasteiger partial charge < -0.3 is 0 Å². The van der Waals surface area contributed by atoms with Crippen LogP contribution in [-0.4, -0.2) is 0 Å². The number of benzene rings is 2. The average Bonchev–Trinajstić information content (AvgIpc) is 3.32. The van der Waals surface area contributed by atoms with Crippen molar-refractivity contribution in [1.82, 2.24) is 0 Å². The summed E-state index contributed by atoms with van der Waals surface area (Å²) in [6, 6.07) is 15.9. The smallest absolute Gasteiger partial charge is 0.0406 e. The highest BCUT2D eigenvalue weighted by molar-refractivity contribution is 6.30. The molecular formula is C23H22Cl2. The van der Waals surface area contributed by atoms with Crippen LogP contribution in [0.25, 0.3) is 12.2 Å². The molecule has 0 aliphatic heterocycles. The zero-order valence-electron chi connectivity index (χ0n) is 14.2. The average molecular weight is 369 g/mol. The molecule has 0 nitrogen and oxygen atoms in total. The molecule has 3 rings (SSSR count). The molecule has 0 saturated heterocycles. The third-order valence-corrected chi connectivity index (χ3v) is 5.34. The first-order chi connectivity index (χ1) is 12.1. The topological polar surface area (TPSA) is 0 Å². The highest BCUT2D eigenvalue weighted by Gasteiger charge is 2.48. The molecule has 1 saturated carbocycles. The lowest BCUT2D eigenvalue weighted by Gasteiger charge is -2.08. The second-order valence-corrected chi connectivity index (χ2v) is 7.52. The van der Waals surface area contributed by atoms with Crippen LogP contribution in [0.1, 0.15) is 30.4 Å². The lowest BCUT2D eigenvalue weighted by molar-refractivity contribution is 0.643. The highest BCUT2D eigenvalue weighted by Crippen LogP contribution is 2.58. The zero-order chi connectivity index (χ0) is 17.7. The Morgan fingerprint density at radius 2 is 1.36 bits per heavy atom. The number of hydrogen-bond donors (Lipinski definition) is 0. The van der Waals surface area contributed by atoms with E-state index >= 15 is 0 Å². The van der Waals surface area contributed by atoms with Crippen LogP contribution in [0.15, 0.2) is 73.3 Å². The predicted molar refractivity (Wildman–Crippen MR) is 111 cm³/mol. The Labute approximate surface area is 160 Å². The van der Waals surface area contributed by atoms with E-state index in [4.69, 9.17) is 23.2 Å². The van der Waals surface area contributed by atoms with Gasteiger partial charge in [0.15, 0.2) is 0 Å². The maximum Gasteiger partial charge on any atom is 0.0406 e. The molecule has 0 bridgehead atoms. The SMILES string of the molecule is C=CCC[C@H]1CC1(/C=C/c1ccc(Cl)cc1)/C=C/c1ccc(Cl)cc1. The minimum Gasteiger partial charge on any atom is -0.103 e. The largest absolute Gasteiger partial charge is 0.103 e. The number of halogens is 2. The van der Waals surface area contributed by atoms with Gasteiger partial charge in [-0.2, -0.15) is 0 Å². The summed E-state index contributed by atoms with van der Waals surface area (Å²) in [7, 11) is 0. The Kier molecular flexibility index (Phi) is 5.83. The molecule has 0 amide bonds. The van der Waals surface area contributed by atoms with Crippen molar-refractivity contribution in [2.75, 3.05) is 0 Å². The Morgan fingerprint density at radius 3 is 1.80 bits per heavy atom. The fourth-order valence-corrected chi connectivity index (χ4v) is 3.42. The second kappa shape index (κ2) is 8.08. The minimum absolute atomic E-state index is 0.141. The van der Waals surface area contributed by atoms with Gasteiger partial charge in [0, 0.05) is 15.5 Å². The van der Waals surface area contributed by atoms with Crippen LogP contribution in [0.3, 0.4) is 0 Å². The van der Waals surface area contributed by atoms with Gasteiger partial charge >= 0.3 is 0 Å². The molecule has 0 spiro atoms. The molecule has 0 N–H and O–H groups in total. The molecule has 0 heterocycles. The second-order valence-electron chi connectivity index (χ2n) is 6.65. The first-order valence-corrected chi connectivity index (χ1v) is 9.37. The van der Waals surface area contributed by atoms with E-state index in [2.05, 4.69) is 55.1 Å². The van der Waals surface area contributed by atoms with Gasteiger partial charge in [0.25, 0.3) is 0 Å². The summed E-state index contributed by atoms with van der Waals surface area (Å²) < 4.78 is 0. The van der Waals surface area contributed by atoms with Gasteiger partial charge in [-0.05, 0) is 60.6 Å². The summed E-state index contributed by atoms with van der Waals surface area (Å²) in [6.45, 7) is 3.85. The van der Waals surface area contributed by atoms with E-state index in [1.807, 2.05) is 30.3 Å². The van der Waals surface area contributed by atoms with E-state index in [-0.39, 0.29) is 5.41 Å². The van der Waals surface area contributed by atoms with Crippen LogP contribution in [-0.2, 0) is 0 Å². The summed E-state index contributed by atoms with van der Waals surface area (Å²) in [6.07, 6.45) is 14.5. The van der Waals surface area contributed by atoms with E-state index < -0.39 is 0 Å². The van der Waals surface area contributed by atoms with Crippen molar-refractivity contribution in [2.45, 2.75) is 19.3 Å². The fraction of sp³-hybridized carbons (Fsp3) is 0.217. The number of rotatable bonds is 7. The first-order valence-electron chi connectivity index (χ1n) is 8.62. The summed E-state index contributed by atoms with van der Waals surface area (Å²) in [5.74, 6) is 0.678. The van der Waals surface area contributed by atoms with E-state index in [0.29, 0.717) is 5.92 Å². The third-order valence-electron chi connectivity index (χ3n) is 4.83. The Morgan fingerprint density at radius 1 is 0.880 bits per heavy atom. The summed E-state index contributed by atoms with van der Waals surface area (Å²) >= 11 is 11.9. The molecule has 1 atom stereocenters. The molecule has 1 aliphatic rings. The van der Waals surface area contributed by atoms with Gasteiger partial charge in [-0.25, -0.2) is 0 Å². The number of hydrogen-bond acceptors (Lipinski definition) is 0. The molecule has 0 aromatic heterocycles. The number of allylic oxidation sites excluding steroid dienone is 3. The van der Waals surface area contributed by atoms with Crippen molar-refractivity contribution in [2.24, 2.45) is 11.3 Å². The normalized spacial score (nSPS) is 18.7. The Balaban J connectivity index is 1.77. The first kappa shape index (κ1) is 18.0. The third kappa shape index (κ3) is 4.87.